The molecule has 1 unspecified atom stereocenters. The number of alkyl halides is 1. The first-order chi connectivity index (χ1) is 20.2. The Morgan fingerprint density at radius 2 is 1.90 bits per heavy atom. The van der Waals surface area contributed by atoms with Crippen molar-refractivity contribution in [2.75, 3.05) is 5.73 Å². The largest absolute Gasteiger partial charge is 0.458 e. The third-order valence-corrected chi connectivity index (χ3v) is 8.08. The minimum Gasteiger partial charge on any atom is -0.458 e. The number of anilines is 1. The molecular formula is C30H25F3N6O2S. The summed E-state index contributed by atoms with van der Waals surface area (Å²) in [6.07, 6.45) is 0.0825. The highest BCUT2D eigenvalue weighted by molar-refractivity contribution is 7.15. The topological polar surface area (TPSA) is 100 Å². The Hall–Kier alpha value is -4.71. The molecule has 4 heterocycles. The summed E-state index contributed by atoms with van der Waals surface area (Å²) in [5, 5.41) is 7.12. The lowest BCUT2D eigenvalue weighted by molar-refractivity contribution is 0.0815. The van der Waals surface area contributed by atoms with Crippen LogP contribution in [-0.4, -0.2) is 30.5 Å². The number of aromatic nitrogens is 5. The van der Waals surface area contributed by atoms with E-state index in [0.717, 1.165) is 17.4 Å². The lowest BCUT2D eigenvalue weighted by Gasteiger charge is -2.21. The smallest absolute Gasteiger partial charge is 0.264 e. The second-order valence-corrected chi connectivity index (χ2v) is 10.7. The van der Waals surface area contributed by atoms with Gasteiger partial charge in [-0.25, -0.2) is 27.8 Å². The van der Waals surface area contributed by atoms with Gasteiger partial charge in [-0.2, -0.15) is 5.10 Å². The van der Waals surface area contributed by atoms with E-state index in [-0.39, 0.29) is 17.1 Å². The Morgan fingerprint density at radius 3 is 2.62 bits per heavy atom. The standard InChI is InChI=1S/C30H25F3N6O2S/c1-4-22(20-12-24-38(15(2)13-42-24)30(40)25(20)17-6-5-7-19(32)10-17)39-29-26(28(34)35-14-36-29)27(37-39)18-8-9-23(21(33)11-18)41-16(3)31/h5-14,16,22H,4H2,1-3H3,(H2,34,35,36)/t16?,22-/m0/s1. The van der Waals surface area contributed by atoms with Crippen LogP contribution in [0.4, 0.5) is 19.0 Å². The van der Waals surface area contributed by atoms with E-state index in [1.807, 2.05) is 25.3 Å². The predicted molar refractivity (Wildman–Crippen MR) is 156 cm³/mol. The molecule has 6 aromatic rings. The number of hydrogen-bond acceptors (Lipinski definition) is 7. The number of nitrogens with zero attached hydrogens (tertiary/aromatic N) is 5. The Kier molecular flexibility index (Phi) is 6.93. The molecule has 42 heavy (non-hydrogen) atoms. The number of nitrogen functional groups attached to an aromatic ring is 1. The lowest BCUT2D eigenvalue weighted by Crippen LogP contribution is -2.22. The summed E-state index contributed by atoms with van der Waals surface area (Å²) in [5.74, 6) is -1.36. The van der Waals surface area contributed by atoms with Crippen molar-refractivity contribution in [2.45, 2.75) is 39.6 Å². The number of benzene rings is 2. The van der Waals surface area contributed by atoms with Crippen molar-refractivity contribution < 1.29 is 17.9 Å². The van der Waals surface area contributed by atoms with Crippen LogP contribution < -0.4 is 16.0 Å². The maximum Gasteiger partial charge on any atom is 0.264 e. The lowest BCUT2D eigenvalue weighted by atomic mass is 9.95. The van der Waals surface area contributed by atoms with Gasteiger partial charge in [0.05, 0.1) is 17.0 Å². The molecule has 0 radical (unpaired) electrons. The Balaban J connectivity index is 1.61. The van der Waals surface area contributed by atoms with Crippen molar-refractivity contribution in [3.8, 4) is 28.1 Å². The molecule has 0 amide bonds. The predicted octanol–water partition coefficient (Wildman–Crippen LogP) is 6.70. The van der Waals surface area contributed by atoms with Gasteiger partial charge in [-0.15, -0.1) is 11.3 Å². The highest BCUT2D eigenvalue weighted by Gasteiger charge is 2.27. The highest BCUT2D eigenvalue weighted by atomic mass is 32.1. The van der Waals surface area contributed by atoms with Gasteiger partial charge < -0.3 is 10.5 Å². The minimum atomic E-state index is -1.69. The van der Waals surface area contributed by atoms with E-state index in [4.69, 9.17) is 15.6 Å². The number of rotatable bonds is 7. The van der Waals surface area contributed by atoms with E-state index in [1.165, 1.54) is 41.9 Å². The molecule has 6 rings (SSSR count). The second kappa shape index (κ2) is 10.6. The van der Waals surface area contributed by atoms with Crippen LogP contribution in [-0.2, 0) is 0 Å². The van der Waals surface area contributed by atoms with Crippen LogP contribution in [0.3, 0.4) is 0 Å². The first-order valence-corrected chi connectivity index (χ1v) is 14.0. The number of pyridine rings is 1. The van der Waals surface area contributed by atoms with E-state index < -0.39 is 24.0 Å². The van der Waals surface area contributed by atoms with E-state index in [1.54, 1.807) is 27.3 Å². The minimum absolute atomic E-state index is 0.129. The number of thiazole rings is 1. The van der Waals surface area contributed by atoms with Crippen LogP contribution >= 0.6 is 11.3 Å². The maximum atomic E-state index is 14.9. The molecule has 2 aromatic carbocycles. The molecule has 0 bridgehead atoms. The monoisotopic (exact) mass is 590 g/mol. The van der Waals surface area contributed by atoms with Gasteiger partial charge in [0, 0.05) is 23.6 Å². The average Bonchev–Trinajstić information content (AvgIpc) is 3.52. The molecule has 8 nitrogen and oxygen atoms in total. The Morgan fingerprint density at radius 1 is 1.10 bits per heavy atom. The van der Waals surface area contributed by atoms with Gasteiger partial charge in [0.1, 0.15) is 28.5 Å². The molecule has 0 fully saturated rings. The van der Waals surface area contributed by atoms with Gasteiger partial charge in [0.2, 0.25) is 6.36 Å². The number of nitrogens with two attached hydrogens (primary N) is 1. The van der Waals surface area contributed by atoms with Crippen molar-refractivity contribution >= 4 is 33.0 Å². The molecule has 2 N–H and O–H groups in total. The molecule has 0 aliphatic heterocycles. The summed E-state index contributed by atoms with van der Waals surface area (Å²) in [7, 11) is 0. The van der Waals surface area contributed by atoms with Gasteiger partial charge >= 0.3 is 0 Å². The summed E-state index contributed by atoms with van der Waals surface area (Å²) in [6.45, 7) is 4.93. The molecular weight excluding hydrogens is 565 g/mol. The fraction of sp³-hybridized carbons (Fsp3) is 0.200. The van der Waals surface area contributed by atoms with Crippen molar-refractivity contribution in [1.82, 2.24) is 24.1 Å². The third-order valence-electron chi connectivity index (χ3n) is 7.07. The molecule has 214 valence electrons. The zero-order valence-corrected chi connectivity index (χ0v) is 23.6. The van der Waals surface area contributed by atoms with Gasteiger partial charge in [-0.1, -0.05) is 19.1 Å². The SMILES string of the molecule is CC[C@@H](c1cc2scc(C)n2c(=O)c1-c1cccc(F)c1)n1nc(-c2ccc(OC(C)F)c(F)c2)c2c(N)ncnc21. The molecule has 0 aliphatic rings. The molecule has 4 aromatic heterocycles. The van der Waals surface area contributed by atoms with Crippen LogP contribution in [0.15, 0.2) is 65.0 Å². The summed E-state index contributed by atoms with van der Waals surface area (Å²) >= 11 is 1.42. The van der Waals surface area contributed by atoms with Crippen molar-refractivity contribution in [1.29, 1.82) is 0 Å². The second-order valence-electron chi connectivity index (χ2n) is 9.82. The van der Waals surface area contributed by atoms with Gasteiger partial charge in [-0.05, 0) is 60.9 Å². The quantitative estimate of drug-likeness (QED) is 0.222. The van der Waals surface area contributed by atoms with Crippen LogP contribution in [0, 0.1) is 18.6 Å². The number of hydrogen-bond donors (Lipinski definition) is 1. The molecule has 0 spiro atoms. The van der Waals surface area contributed by atoms with E-state index in [2.05, 4.69) is 9.97 Å². The third kappa shape index (κ3) is 4.57. The molecule has 0 aliphatic carbocycles. The number of fused-ring (bicyclic) bond motifs is 2. The molecule has 12 heteroatoms. The summed E-state index contributed by atoms with van der Waals surface area (Å²) in [6, 6.07) is 11.3. The van der Waals surface area contributed by atoms with Crippen LogP contribution in [0.1, 0.15) is 37.6 Å². The summed E-state index contributed by atoms with van der Waals surface area (Å²) in [5.41, 5.74) is 9.18. The summed E-state index contributed by atoms with van der Waals surface area (Å²) < 4.78 is 50.8. The first-order valence-electron chi connectivity index (χ1n) is 13.2. The van der Waals surface area contributed by atoms with Crippen LogP contribution in [0.25, 0.3) is 38.2 Å². The maximum absolute atomic E-state index is 14.9. The summed E-state index contributed by atoms with van der Waals surface area (Å²) in [4.78, 5) is 23.3. The Bertz CT molecular complexity index is 2030. The van der Waals surface area contributed by atoms with E-state index in [0.29, 0.717) is 45.4 Å². The zero-order chi connectivity index (χ0) is 29.7. The zero-order valence-electron chi connectivity index (χ0n) is 22.8. The highest BCUT2D eigenvalue weighted by Crippen LogP contribution is 2.38. The van der Waals surface area contributed by atoms with E-state index >= 15 is 0 Å². The van der Waals surface area contributed by atoms with Gasteiger partial charge in [0.15, 0.2) is 17.2 Å². The Labute approximate surface area is 241 Å². The average molecular weight is 591 g/mol. The van der Waals surface area contributed by atoms with Crippen molar-refractivity contribution in [2.24, 2.45) is 0 Å². The normalized spacial score (nSPS) is 13.1. The fourth-order valence-corrected chi connectivity index (χ4v) is 6.20. The molecule has 0 saturated carbocycles. The number of ether oxygens (including phenoxy) is 1. The first kappa shape index (κ1) is 27.5. The van der Waals surface area contributed by atoms with Gasteiger partial charge in [0.25, 0.3) is 5.56 Å². The number of halogens is 3. The van der Waals surface area contributed by atoms with Gasteiger partial charge in [-0.3, -0.25) is 9.20 Å². The fourth-order valence-electron chi connectivity index (χ4n) is 5.28. The van der Waals surface area contributed by atoms with Crippen LogP contribution in [0.2, 0.25) is 0 Å². The van der Waals surface area contributed by atoms with E-state index in [9.17, 15) is 18.0 Å². The number of aryl methyl sites for hydroxylation is 1. The molecule has 2 atom stereocenters. The molecule has 0 saturated heterocycles. The van der Waals surface area contributed by atoms with Crippen molar-refractivity contribution in [3.63, 3.8) is 0 Å². The van der Waals surface area contributed by atoms with Crippen LogP contribution in [0.5, 0.6) is 5.75 Å². The van der Waals surface area contributed by atoms with Crippen molar-refractivity contribution in [3.05, 3.63) is 93.5 Å².